The molecule has 19 heavy (non-hydrogen) atoms. The van der Waals surface area contributed by atoms with E-state index in [-0.39, 0.29) is 12.1 Å². The van der Waals surface area contributed by atoms with Crippen LogP contribution >= 0.6 is 0 Å². The summed E-state index contributed by atoms with van der Waals surface area (Å²) in [5.74, 6) is 0. The third-order valence-electron chi connectivity index (χ3n) is 3.42. The number of carbonyl (C=O) groups excluding carboxylic acids is 1. The highest BCUT2D eigenvalue weighted by molar-refractivity contribution is 5.77. The van der Waals surface area contributed by atoms with Gasteiger partial charge in [0.25, 0.3) is 0 Å². The summed E-state index contributed by atoms with van der Waals surface area (Å²) >= 11 is 0. The molecule has 2 unspecified atom stereocenters. The van der Waals surface area contributed by atoms with Crippen LogP contribution in [-0.4, -0.2) is 23.6 Å². The second kappa shape index (κ2) is 6.17. The van der Waals surface area contributed by atoms with Crippen molar-refractivity contribution in [2.45, 2.75) is 31.8 Å². The minimum Gasteiger partial charge on any atom is -0.346 e. The highest BCUT2D eigenvalue weighted by Crippen LogP contribution is 2.33. The molecule has 0 spiro atoms. The average molecular weight is 254 g/mol. The molecule has 98 valence electrons. The summed E-state index contributed by atoms with van der Waals surface area (Å²) in [5.41, 5.74) is 4.63. The van der Waals surface area contributed by atoms with Crippen LogP contribution in [0.5, 0.6) is 0 Å². The first-order chi connectivity index (χ1) is 9.27. The van der Waals surface area contributed by atoms with Crippen molar-refractivity contribution >= 4 is 18.3 Å². The lowest BCUT2D eigenvalue weighted by Gasteiger charge is -2.35. The molecule has 2 rings (SSSR count). The maximum atomic E-state index is 11.4. The summed E-state index contributed by atoms with van der Waals surface area (Å²) < 4.78 is 0. The van der Waals surface area contributed by atoms with Gasteiger partial charge in [-0.2, -0.15) is 0 Å². The minimum absolute atomic E-state index is 0.239. The lowest BCUT2D eigenvalue weighted by Crippen LogP contribution is -2.37. The van der Waals surface area contributed by atoms with E-state index in [1.165, 1.54) is 0 Å². The van der Waals surface area contributed by atoms with E-state index >= 15 is 0 Å². The van der Waals surface area contributed by atoms with Crippen LogP contribution in [0.3, 0.4) is 0 Å². The largest absolute Gasteiger partial charge is 0.346 e. The van der Waals surface area contributed by atoms with E-state index in [0.29, 0.717) is 0 Å². The average Bonchev–Trinajstić information content (AvgIpc) is 2.46. The molecule has 3 heteroatoms. The highest BCUT2D eigenvalue weighted by atomic mass is 16.1. The maximum absolute atomic E-state index is 11.4. The molecule has 0 bridgehead atoms. The molecule has 1 aromatic carbocycles. The lowest BCUT2D eigenvalue weighted by molar-refractivity contribution is -0.111. The topological polar surface area (TPSA) is 32.7 Å². The van der Waals surface area contributed by atoms with E-state index in [4.69, 9.17) is 0 Å². The predicted octanol–water partition coefficient (Wildman–Crippen LogP) is 3.41. The van der Waals surface area contributed by atoms with Crippen molar-refractivity contribution in [3.05, 3.63) is 48.2 Å². The number of carbonyl (C=O) groups is 1. The Hall–Kier alpha value is -2.12. The summed E-state index contributed by atoms with van der Waals surface area (Å²) in [6.07, 6.45) is 6.54. The molecule has 1 aliphatic heterocycles. The lowest BCUT2D eigenvalue weighted by atomic mass is 10.0. The summed E-state index contributed by atoms with van der Waals surface area (Å²) in [5, 5.41) is 0. The van der Waals surface area contributed by atoms with Crippen molar-refractivity contribution in [1.29, 1.82) is 0 Å². The van der Waals surface area contributed by atoms with E-state index in [0.717, 1.165) is 30.4 Å². The smallest absolute Gasteiger partial charge is 0.147 e. The van der Waals surface area contributed by atoms with Gasteiger partial charge >= 0.3 is 0 Å². The van der Waals surface area contributed by atoms with Gasteiger partial charge in [-0.05, 0) is 31.9 Å². The van der Waals surface area contributed by atoms with Crippen LogP contribution in [0.4, 0.5) is 5.69 Å². The summed E-state index contributed by atoms with van der Waals surface area (Å²) in [4.78, 5) is 17.9. The van der Waals surface area contributed by atoms with Crippen LogP contribution in [0, 0.1) is 0 Å². The molecular formula is C16H18N2O. The van der Waals surface area contributed by atoms with Crippen LogP contribution in [0.1, 0.15) is 31.4 Å². The Labute approximate surface area is 114 Å². The first-order valence-corrected chi connectivity index (χ1v) is 6.48. The predicted molar refractivity (Wildman–Crippen MR) is 77.6 cm³/mol. The van der Waals surface area contributed by atoms with E-state index in [2.05, 4.69) is 24.2 Å². The fourth-order valence-electron chi connectivity index (χ4n) is 2.32. The van der Waals surface area contributed by atoms with Crippen LogP contribution < -0.4 is 0 Å². The van der Waals surface area contributed by atoms with Crippen molar-refractivity contribution in [2.24, 2.45) is 4.99 Å². The van der Waals surface area contributed by atoms with Gasteiger partial charge in [0.05, 0.1) is 12.0 Å². The molecule has 0 saturated heterocycles. The second-order valence-electron chi connectivity index (χ2n) is 4.67. The molecule has 1 aromatic rings. The maximum Gasteiger partial charge on any atom is 0.147 e. The quantitative estimate of drug-likeness (QED) is 0.596. The van der Waals surface area contributed by atoms with Gasteiger partial charge in [0.2, 0.25) is 0 Å². The molecule has 0 saturated carbocycles. The molecule has 0 radical (unpaired) electrons. The number of rotatable bonds is 5. The zero-order valence-corrected chi connectivity index (χ0v) is 11.1. The number of hydrogen-bond donors (Lipinski definition) is 0. The SMILES string of the molecule is C=C=CCCC(C)N1C=Nc2ccccc2C1C=O. The summed E-state index contributed by atoms with van der Waals surface area (Å²) in [7, 11) is 0. The Balaban J connectivity index is 2.19. The molecular weight excluding hydrogens is 236 g/mol. The fourth-order valence-corrected chi connectivity index (χ4v) is 2.32. The van der Waals surface area contributed by atoms with E-state index in [1.807, 2.05) is 35.2 Å². The number of para-hydroxylation sites is 1. The third kappa shape index (κ3) is 2.83. The Morgan fingerprint density at radius 2 is 2.32 bits per heavy atom. The van der Waals surface area contributed by atoms with Gasteiger partial charge in [-0.3, -0.25) is 0 Å². The molecule has 2 atom stereocenters. The molecule has 0 N–H and O–H groups in total. The van der Waals surface area contributed by atoms with Crippen molar-refractivity contribution in [1.82, 2.24) is 4.90 Å². The number of hydrogen-bond acceptors (Lipinski definition) is 3. The van der Waals surface area contributed by atoms with Crippen molar-refractivity contribution < 1.29 is 4.79 Å². The second-order valence-corrected chi connectivity index (χ2v) is 4.67. The number of benzene rings is 1. The minimum atomic E-state index is -0.239. The molecule has 3 nitrogen and oxygen atoms in total. The number of allylic oxidation sites excluding steroid dienone is 1. The summed E-state index contributed by atoms with van der Waals surface area (Å²) in [6.45, 7) is 5.66. The van der Waals surface area contributed by atoms with Gasteiger partial charge in [0.15, 0.2) is 0 Å². The van der Waals surface area contributed by atoms with Gasteiger partial charge in [-0.25, -0.2) is 4.99 Å². The number of fused-ring (bicyclic) bond motifs is 1. The molecule has 0 amide bonds. The first-order valence-electron chi connectivity index (χ1n) is 6.48. The fraction of sp³-hybridized carbons (Fsp3) is 0.312. The van der Waals surface area contributed by atoms with Crippen molar-refractivity contribution in [2.75, 3.05) is 0 Å². The molecule has 0 aliphatic carbocycles. The molecule has 1 aliphatic rings. The number of aliphatic imine (C=N–C) groups is 1. The Kier molecular flexibility index (Phi) is 4.32. The van der Waals surface area contributed by atoms with Crippen molar-refractivity contribution in [3.8, 4) is 0 Å². The van der Waals surface area contributed by atoms with Gasteiger partial charge in [0, 0.05) is 11.6 Å². The third-order valence-corrected chi connectivity index (χ3v) is 3.42. The van der Waals surface area contributed by atoms with Crippen LogP contribution in [0.15, 0.2) is 47.6 Å². The Bertz CT molecular complexity index is 529. The Morgan fingerprint density at radius 3 is 3.05 bits per heavy atom. The molecule has 0 fully saturated rings. The van der Waals surface area contributed by atoms with E-state index in [9.17, 15) is 4.79 Å². The van der Waals surface area contributed by atoms with Gasteiger partial charge in [0.1, 0.15) is 12.3 Å². The normalized spacial score (nSPS) is 18.4. The summed E-state index contributed by atoms with van der Waals surface area (Å²) in [6, 6.07) is 7.79. The van der Waals surface area contributed by atoms with E-state index in [1.54, 1.807) is 6.34 Å². The van der Waals surface area contributed by atoms with E-state index < -0.39 is 0 Å². The Morgan fingerprint density at radius 1 is 1.53 bits per heavy atom. The standard InChI is InChI=1S/C16H18N2O/c1-3-4-5-8-13(2)18-12-17-15-10-7-6-9-14(15)16(18)11-19/h4,6-7,9-13,16H,1,5,8H2,2H3. The zero-order valence-electron chi connectivity index (χ0n) is 11.1. The zero-order chi connectivity index (χ0) is 13.7. The monoisotopic (exact) mass is 254 g/mol. The van der Waals surface area contributed by atoms with Crippen molar-refractivity contribution in [3.63, 3.8) is 0 Å². The molecule has 0 aromatic heterocycles. The first kappa shape index (κ1) is 13.3. The highest BCUT2D eigenvalue weighted by Gasteiger charge is 2.26. The molecule has 1 heterocycles. The van der Waals surface area contributed by atoms with Gasteiger partial charge < -0.3 is 9.69 Å². The number of aldehydes is 1. The van der Waals surface area contributed by atoms with Gasteiger partial charge in [-0.1, -0.05) is 24.8 Å². The number of nitrogens with zero attached hydrogens (tertiary/aromatic N) is 2. The van der Waals surface area contributed by atoms with Crippen LogP contribution in [0.25, 0.3) is 0 Å². The van der Waals surface area contributed by atoms with Crippen LogP contribution in [0.2, 0.25) is 0 Å². The van der Waals surface area contributed by atoms with Crippen LogP contribution in [-0.2, 0) is 4.79 Å². The van der Waals surface area contributed by atoms with Gasteiger partial charge in [-0.15, -0.1) is 5.73 Å².